The number of primary amides is 1. The van der Waals surface area contributed by atoms with Crippen molar-refractivity contribution in [2.45, 2.75) is 4.90 Å². The van der Waals surface area contributed by atoms with Crippen LogP contribution in [0.1, 0.15) is 10.4 Å². The predicted molar refractivity (Wildman–Crippen MR) is 69.1 cm³/mol. The van der Waals surface area contributed by atoms with E-state index in [9.17, 15) is 22.4 Å². The van der Waals surface area contributed by atoms with Gasteiger partial charge in [-0.15, -0.1) is 0 Å². The Morgan fingerprint density at radius 2 is 2.05 bits per heavy atom. The van der Waals surface area contributed by atoms with Crippen LogP contribution < -0.4 is 10.5 Å². The minimum atomic E-state index is -4.20. The van der Waals surface area contributed by atoms with Crippen LogP contribution >= 0.6 is 11.6 Å². The molecule has 0 bridgehead atoms. The average Bonchev–Trinajstić information content (AvgIpc) is 2.37. The fraction of sp³-hybridized carbons (Fsp3) is 0.200. The van der Waals surface area contributed by atoms with Gasteiger partial charge in [0.25, 0.3) is 0 Å². The van der Waals surface area contributed by atoms with Crippen molar-refractivity contribution in [3.05, 3.63) is 28.5 Å². The number of aromatic carboxylic acids is 1. The Morgan fingerprint density at radius 3 is 2.57 bits per heavy atom. The van der Waals surface area contributed by atoms with Crippen molar-refractivity contribution in [3.63, 3.8) is 0 Å². The summed E-state index contributed by atoms with van der Waals surface area (Å²) in [7, 11) is -4.20. The van der Waals surface area contributed by atoms with Crippen LogP contribution in [0, 0.1) is 5.82 Å². The van der Waals surface area contributed by atoms with Crippen molar-refractivity contribution >= 4 is 33.7 Å². The van der Waals surface area contributed by atoms with Crippen LogP contribution in [0.3, 0.4) is 0 Å². The smallest absolute Gasteiger partial charge is 0.404 e. The molecular weight excluding hydrogens is 331 g/mol. The topological polar surface area (TPSA) is 136 Å². The normalized spacial score (nSPS) is 11.1. The highest BCUT2D eigenvalue weighted by atomic mass is 35.5. The van der Waals surface area contributed by atoms with E-state index in [1.54, 1.807) is 0 Å². The molecule has 21 heavy (non-hydrogen) atoms. The first-order valence-electron chi connectivity index (χ1n) is 5.29. The molecule has 0 saturated carbocycles. The lowest BCUT2D eigenvalue weighted by Crippen LogP contribution is -2.29. The Hall–Kier alpha value is -1.91. The van der Waals surface area contributed by atoms with Crippen molar-refractivity contribution in [3.8, 4) is 0 Å². The minimum Gasteiger partial charge on any atom is -0.478 e. The van der Waals surface area contributed by atoms with E-state index in [-0.39, 0.29) is 13.2 Å². The monoisotopic (exact) mass is 340 g/mol. The van der Waals surface area contributed by atoms with E-state index in [0.717, 1.165) is 0 Å². The SMILES string of the molecule is NC(=O)OCCNS(=O)(=O)c1cc(F)c(Cl)c(C(=O)O)c1. The summed E-state index contributed by atoms with van der Waals surface area (Å²) in [6.07, 6.45) is -1.08. The first-order valence-corrected chi connectivity index (χ1v) is 7.15. The van der Waals surface area contributed by atoms with Gasteiger partial charge in [0.1, 0.15) is 12.4 Å². The standard InChI is InChI=1S/C10H10ClFN2O6S/c11-8-6(9(15)16)3-5(4-7(8)12)21(18,19)14-1-2-20-10(13)17/h3-4,14H,1-2H2,(H2,13,17)(H,15,16). The van der Waals surface area contributed by atoms with Gasteiger partial charge in [-0.25, -0.2) is 27.1 Å². The number of carbonyl (C=O) groups is 2. The largest absolute Gasteiger partial charge is 0.478 e. The van der Waals surface area contributed by atoms with Gasteiger partial charge in [-0.05, 0) is 12.1 Å². The number of ether oxygens (including phenoxy) is 1. The minimum absolute atomic E-state index is 0.322. The number of carbonyl (C=O) groups excluding carboxylic acids is 1. The molecule has 1 aromatic rings. The molecule has 0 atom stereocenters. The van der Waals surface area contributed by atoms with Crippen molar-refractivity contribution < 1.29 is 32.2 Å². The summed E-state index contributed by atoms with van der Waals surface area (Å²) in [5.41, 5.74) is 3.99. The quantitative estimate of drug-likeness (QED) is 0.647. The lowest BCUT2D eigenvalue weighted by molar-refractivity contribution is 0.0696. The number of benzene rings is 1. The van der Waals surface area contributed by atoms with E-state index in [1.165, 1.54) is 0 Å². The molecule has 1 aromatic carbocycles. The third-order valence-corrected chi connectivity index (χ3v) is 4.01. The van der Waals surface area contributed by atoms with Gasteiger partial charge in [0, 0.05) is 6.54 Å². The molecule has 0 aliphatic heterocycles. The van der Waals surface area contributed by atoms with E-state index >= 15 is 0 Å². The molecule has 0 heterocycles. The van der Waals surface area contributed by atoms with E-state index in [0.29, 0.717) is 12.1 Å². The van der Waals surface area contributed by atoms with Gasteiger partial charge in [-0.2, -0.15) is 0 Å². The molecule has 0 fully saturated rings. The molecule has 116 valence electrons. The number of halogens is 2. The Bertz CT molecular complexity index is 678. The number of nitrogens with two attached hydrogens (primary N) is 1. The lowest BCUT2D eigenvalue weighted by atomic mass is 10.2. The summed E-state index contributed by atoms with van der Waals surface area (Å²) in [5.74, 6) is -2.77. The Kier molecular flexibility index (Phi) is 5.47. The Balaban J connectivity index is 2.98. The average molecular weight is 341 g/mol. The molecule has 0 saturated heterocycles. The van der Waals surface area contributed by atoms with Crippen molar-refractivity contribution in [1.82, 2.24) is 4.72 Å². The second-order valence-electron chi connectivity index (χ2n) is 3.64. The van der Waals surface area contributed by atoms with Crippen LogP contribution in [0.5, 0.6) is 0 Å². The number of amides is 1. The van der Waals surface area contributed by atoms with Gasteiger partial charge < -0.3 is 15.6 Å². The van der Waals surface area contributed by atoms with Crippen LogP contribution in [0.4, 0.5) is 9.18 Å². The van der Waals surface area contributed by atoms with Crippen molar-refractivity contribution in [2.24, 2.45) is 5.73 Å². The molecule has 0 radical (unpaired) electrons. The van der Waals surface area contributed by atoms with Crippen LogP contribution in [-0.2, 0) is 14.8 Å². The van der Waals surface area contributed by atoms with Gasteiger partial charge in [0.15, 0.2) is 0 Å². The highest BCUT2D eigenvalue weighted by Gasteiger charge is 2.21. The number of rotatable bonds is 6. The molecule has 4 N–H and O–H groups in total. The summed E-state index contributed by atoms with van der Waals surface area (Å²) < 4.78 is 43.4. The maximum atomic E-state index is 13.5. The van der Waals surface area contributed by atoms with E-state index in [1.807, 2.05) is 4.72 Å². The number of hydrogen-bond donors (Lipinski definition) is 3. The summed E-state index contributed by atoms with van der Waals surface area (Å²) in [4.78, 5) is 20.5. The highest BCUT2D eigenvalue weighted by molar-refractivity contribution is 7.89. The summed E-state index contributed by atoms with van der Waals surface area (Å²) in [5, 5.41) is 8.12. The zero-order valence-corrected chi connectivity index (χ0v) is 11.9. The van der Waals surface area contributed by atoms with Gasteiger partial charge in [0.2, 0.25) is 10.0 Å². The van der Waals surface area contributed by atoms with Gasteiger partial charge in [-0.3, -0.25) is 0 Å². The molecule has 1 rings (SSSR count). The number of carboxylic acids is 1. The van der Waals surface area contributed by atoms with E-state index < -0.39 is 43.4 Å². The Labute approximate surface area is 123 Å². The van der Waals surface area contributed by atoms with Gasteiger partial charge in [0.05, 0.1) is 15.5 Å². The summed E-state index contributed by atoms with van der Waals surface area (Å²) in [6.45, 7) is -0.658. The number of hydrogen-bond acceptors (Lipinski definition) is 5. The van der Waals surface area contributed by atoms with Crippen molar-refractivity contribution in [1.29, 1.82) is 0 Å². The zero-order chi connectivity index (χ0) is 16.2. The molecule has 0 unspecified atom stereocenters. The van der Waals surface area contributed by atoms with Gasteiger partial charge in [-0.1, -0.05) is 11.6 Å². The fourth-order valence-electron chi connectivity index (χ4n) is 1.29. The molecule has 11 heteroatoms. The van der Waals surface area contributed by atoms with Crippen LogP contribution in [0.2, 0.25) is 5.02 Å². The fourth-order valence-corrected chi connectivity index (χ4v) is 2.53. The molecule has 0 spiro atoms. The van der Waals surface area contributed by atoms with Crippen LogP contribution in [0.15, 0.2) is 17.0 Å². The molecule has 0 aliphatic rings. The van der Waals surface area contributed by atoms with Crippen LogP contribution in [0.25, 0.3) is 0 Å². The molecular formula is C10H10ClFN2O6S. The first-order chi connectivity index (χ1) is 9.65. The first kappa shape index (κ1) is 17.1. The number of nitrogens with one attached hydrogen (secondary N) is 1. The van der Waals surface area contributed by atoms with Crippen molar-refractivity contribution in [2.75, 3.05) is 13.2 Å². The second-order valence-corrected chi connectivity index (χ2v) is 5.78. The highest BCUT2D eigenvalue weighted by Crippen LogP contribution is 2.24. The second kappa shape index (κ2) is 6.70. The molecule has 0 aromatic heterocycles. The number of sulfonamides is 1. The molecule has 8 nitrogen and oxygen atoms in total. The summed E-state index contributed by atoms with van der Waals surface area (Å²) >= 11 is 5.43. The maximum absolute atomic E-state index is 13.5. The lowest BCUT2D eigenvalue weighted by Gasteiger charge is -2.09. The molecule has 0 aliphatic carbocycles. The Morgan fingerprint density at radius 1 is 1.43 bits per heavy atom. The molecule has 1 amide bonds. The summed E-state index contributed by atoms with van der Waals surface area (Å²) in [6, 6.07) is 1.29. The van der Waals surface area contributed by atoms with Gasteiger partial charge >= 0.3 is 12.1 Å². The van der Waals surface area contributed by atoms with Crippen LogP contribution in [-0.4, -0.2) is 38.7 Å². The van der Waals surface area contributed by atoms with E-state index in [4.69, 9.17) is 16.7 Å². The van der Waals surface area contributed by atoms with E-state index in [2.05, 4.69) is 10.5 Å². The third kappa shape index (κ3) is 4.55. The zero-order valence-electron chi connectivity index (χ0n) is 10.3. The number of carboxylic acid groups (broad SMARTS) is 1. The maximum Gasteiger partial charge on any atom is 0.404 e. The predicted octanol–water partition coefficient (Wildman–Crippen LogP) is 0.551. The third-order valence-electron chi connectivity index (χ3n) is 2.18.